The van der Waals surface area contributed by atoms with Crippen LogP contribution in [0.4, 0.5) is 19.1 Å². The lowest BCUT2D eigenvalue weighted by atomic mass is 10.1. The summed E-state index contributed by atoms with van der Waals surface area (Å²) in [6.45, 7) is 2.52. The summed E-state index contributed by atoms with van der Waals surface area (Å²) in [5, 5.41) is 22.0. The van der Waals surface area contributed by atoms with Crippen LogP contribution in [0.2, 0.25) is 10.0 Å². The summed E-state index contributed by atoms with van der Waals surface area (Å²) >= 11 is 12.2. The molecule has 3 heterocycles. The third kappa shape index (κ3) is 6.76. The highest BCUT2D eigenvalue weighted by Gasteiger charge is 2.39. The van der Waals surface area contributed by atoms with Gasteiger partial charge in [0.15, 0.2) is 23.6 Å². The molecule has 0 aliphatic carbocycles. The van der Waals surface area contributed by atoms with Gasteiger partial charge in [0.05, 0.1) is 11.6 Å². The fourth-order valence-corrected chi connectivity index (χ4v) is 3.78. The molecule has 208 valence electrons. The minimum atomic E-state index is -4.95. The van der Waals surface area contributed by atoms with Gasteiger partial charge in [-0.15, -0.1) is 10.2 Å². The van der Waals surface area contributed by atoms with Crippen molar-refractivity contribution in [3.05, 3.63) is 68.9 Å². The molecule has 4 N–H and O–H groups in total. The van der Waals surface area contributed by atoms with Crippen molar-refractivity contribution in [2.24, 2.45) is 5.73 Å². The van der Waals surface area contributed by atoms with Gasteiger partial charge in [0.2, 0.25) is 5.95 Å². The number of aliphatic hydroxyl groups is 1. The van der Waals surface area contributed by atoms with E-state index in [1.165, 1.54) is 35.1 Å². The molecule has 0 amide bonds. The Morgan fingerprint density at radius 3 is 2.44 bits per heavy atom. The van der Waals surface area contributed by atoms with E-state index in [-0.39, 0.29) is 35.0 Å². The van der Waals surface area contributed by atoms with Gasteiger partial charge in [0.25, 0.3) is 0 Å². The van der Waals surface area contributed by atoms with Crippen LogP contribution in [0.3, 0.4) is 0 Å². The Hall–Kier alpha value is -3.46. The molecule has 0 saturated heterocycles. The second-order valence-corrected chi connectivity index (χ2v) is 10.2. The highest BCUT2D eigenvalue weighted by molar-refractivity contribution is 6.32. The molecule has 0 radical (unpaired) electrons. The van der Waals surface area contributed by atoms with Crippen molar-refractivity contribution in [3.63, 3.8) is 0 Å². The average Bonchev–Trinajstić information content (AvgIpc) is 3.39. The quantitative estimate of drug-likeness (QED) is 0.272. The maximum Gasteiger partial charge on any atom is 0.416 e. The molecule has 0 saturated carbocycles. The topological polar surface area (TPSA) is 142 Å². The molecule has 16 heteroatoms. The zero-order chi connectivity index (χ0) is 28.5. The summed E-state index contributed by atoms with van der Waals surface area (Å²) < 4.78 is 42.4. The van der Waals surface area contributed by atoms with Crippen molar-refractivity contribution in [3.8, 4) is 17.2 Å². The van der Waals surface area contributed by atoms with Crippen LogP contribution in [-0.4, -0.2) is 63.6 Å². The van der Waals surface area contributed by atoms with Crippen molar-refractivity contribution >= 4 is 29.2 Å². The molecule has 39 heavy (non-hydrogen) atoms. The Kier molecular flexibility index (Phi) is 8.02. The number of nitrogens with two attached hydrogens (primary N) is 1. The number of alkyl halides is 3. The summed E-state index contributed by atoms with van der Waals surface area (Å²) in [5.41, 5.74) is 4.87. The Labute approximate surface area is 230 Å². The van der Waals surface area contributed by atoms with Crippen LogP contribution in [0.25, 0.3) is 17.2 Å². The number of rotatable bonds is 9. The smallest absolute Gasteiger partial charge is 0.382 e. The van der Waals surface area contributed by atoms with Crippen molar-refractivity contribution in [2.45, 2.75) is 44.8 Å². The summed E-state index contributed by atoms with van der Waals surface area (Å²) in [7, 11) is 0. The number of aromatic nitrogens is 7. The van der Waals surface area contributed by atoms with Gasteiger partial charge in [0, 0.05) is 28.9 Å². The van der Waals surface area contributed by atoms with E-state index >= 15 is 0 Å². The lowest BCUT2D eigenvalue weighted by molar-refractivity contribution is -0.207. The summed E-state index contributed by atoms with van der Waals surface area (Å²) in [6, 6.07) is 9.25. The van der Waals surface area contributed by atoms with Crippen LogP contribution in [0.5, 0.6) is 0 Å². The highest BCUT2D eigenvalue weighted by Crippen LogP contribution is 2.25. The third-order valence-corrected chi connectivity index (χ3v) is 5.89. The number of anilines is 1. The van der Waals surface area contributed by atoms with Crippen molar-refractivity contribution < 1.29 is 18.3 Å². The molecular formula is C23H24Cl2F3N9O2. The maximum atomic E-state index is 13.2. The van der Waals surface area contributed by atoms with Gasteiger partial charge in [-0.25, -0.2) is 14.5 Å². The second kappa shape index (κ2) is 11.0. The summed E-state index contributed by atoms with van der Waals surface area (Å²) in [6.07, 6.45) is -6.23. The van der Waals surface area contributed by atoms with E-state index in [9.17, 15) is 23.1 Å². The monoisotopic (exact) mass is 585 g/mol. The first-order valence-corrected chi connectivity index (χ1v) is 12.3. The number of benzene rings is 1. The molecule has 11 nitrogen and oxygen atoms in total. The molecular weight excluding hydrogens is 562 g/mol. The SMILES string of the molecule is CC(C)(N)CNc1nc(Cn2nc(-c3ccc(Cl)cc3)n(CC(O)C(F)(F)F)c2=O)nn1-c1ncccc1Cl. The van der Waals surface area contributed by atoms with E-state index in [0.29, 0.717) is 17.1 Å². The minimum Gasteiger partial charge on any atom is -0.382 e. The van der Waals surface area contributed by atoms with Crippen LogP contribution >= 0.6 is 23.2 Å². The van der Waals surface area contributed by atoms with E-state index in [0.717, 1.165) is 9.25 Å². The first-order chi connectivity index (χ1) is 18.2. The fourth-order valence-electron chi connectivity index (χ4n) is 3.46. The Bertz CT molecular complexity index is 1510. The summed E-state index contributed by atoms with van der Waals surface area (Å²) in [4.78, 5) is 21.9. The number of aliphatic hydroxyl groups excluding tert-OH is 1. The van der Waals surface area contributed by atoms with E-state index in [1.807, 2.05) is 0 Å². The number of pyridine rings is 1. The predicted octanol–water partition coefficient (Wildman–Crippen LogP) is 3.12. The van der Waals surface area contributed by atoms with Crippen LogP contribution < -0.4 is 16.7 Å². The number of nitrogens with zero attached hydrogens (tertiary/aromatic N) is 7. The standard InChI is InChI=1S/C23H24Cl2F3N9O2/c1-22(2,29)12-31-20-32-17(33-37(20)19-15(25)4-3-9-30-19)11-36-21(39)35(10-16(38)23(26,27)28)18(34-36)13-5-7-14(24)8-6-13/h3-9,16,38H,10-12,29H2,1-2H3,(H,31,32,33). The molecule has 1 unspecified atom stereocenters. The Morgan fingerprint density at radius 1 is 1.13 bits per heavy atom. The van der Waals surface area contributed by atoms with Crippen LogP contribution in [0.1, 0.15) is 19.7 Å². The summed E-state index contributed by atoms with van der Waals surface area (Å²) in [5.74, 6) is 0.459. The normalized spacial score (nSPS) is 13.1. The second-order valence-electron chi connectivity index (χ2n) is 9.35. The molecule has 4 rings (SSSR count). The van der Waals surface area contributed by atoms with Crippen molar-refractivity contribution in [1.29, 1.82) is 0 Å². The number of hydrogen-bond acceptors (Lipinski definition) is 8. The molecule has 4 aromatic rings. The first kappa shape index (κ1) is 28.5. The van der Waals surface area contributed by atoms with Crippen molar-refractivity contribution in [2.75, 3.05) is 11.9 Å². The largest absolute Gasteiger partial charge is 0.416 e. The maximum absolute atomic E-state index is 13.2. The van der Waals surface area contributed by atoms with Crippen LogP contribution in [-0.2, 0) is 13.1 Å². The van der Waals surface area contributed by atoms with Crippen molar-refractivity contribution in [1.82, 2.24) is 34.1 Å². The zero-order valence-corrected chi connectivity index (χ0v) is 22.2. The molecule has 0 fully saturated rings. The van der Waals surface area contributed by atoms with Gasteiger partial charge in [-0.1, -0.05) is 23.2 Å². The molecule has 0 spiro atoms. The third-order valence-electron chi connectivity index (χ3n) is 5.34. The first-order valence-electron chi connectivity index (χ1n) is 11.5. The van der Waals surface area contributed by atoms with Gasteiger partial charge in [-0.05, 0) is 50.2 Å². The van der Waals surface area contributed by atoms with Gasteiger partial charge < -0.3 is 16.2 Å². The van der Waals surface area contributed by atoms with Crippen LogP contribution in [0, 0.1) is 0 Å². The Morgan fingerprint density at radius 2 is 1.82 bits per heavy atom. The van der Waals surface area contributed by atoms with E-state index in [2.05, 4.69) is 25.5 Å². The average molecular weight is 586 g/mol. The predicted molar refractivity (Wildman–Crippen MR) is 139 cm³/mol. The number of nitrogens with one attached hydrogen (secondary N) is 1. The number of halogens is 5. The molecule has 0 aliphatic heterocycles. The Balaban J connectivity index is 1.76. The molecule has 0 aliphatic rings. The highest BCUT2D eigenvalue weighted by atomic mass is 35.5. The van der Waals surface area contributed by atoms with Crippen LogP contribution in [0.15, 0.2) is 47.4 Å². The van der Waals surface area contributed by atoms with Gasteiger partial charge in [0.1, 0.15) is 6.54 Å². The van der Waals surface area contributed by atoms with Gasteiger partial charge in [-0.2, -0.15) is 22.8 Å². The number of hydrogen-bond donors (Lipinski definition) is 3. The van der Waals surface area contributed by atoms with Gasteiger partial charge >= 0.3 is 11.9 Å². The molecule has 1 atom stereocenters. The molecule has 3 aromatic heterocycles. The van der Waals surface area contributed by atoms with E-state index in [4.69, 9.17) is 28.9 Å². The minimum absolute atomic E-state index is 0.0832. The molecule has 1 aromatic carbocycles. The van der Waals surface area contributed by atoms with E-state index in [1.54, 1.807) is 26.0 Å². The van der Waals surface area contributed by atoms with E-state index < -0.39 is 30.1 Å². The zero-order valence-electron chi connectivity index (χ0n) is 20.7. The molecule has 0 bridgehead atoms. The lowest BCUT2D eigenvalue weighted by Crippen LogP contribution is -2.40. The van der Waals surface area contributed by atoms with Gasteiger partial charge in [-0.3, -0.25) is 4.57 Å². The fraction of sp³-hybridized carbons (Fsp3) is 0.348. The lowest BCUT2D eigenvalue weighted by Gasteiger charge is -2.19.